The molecule has 1 fully saturated rings. The van der Waals surface area contributed by atoms with E-state index in [0.29, 0.717) is 30.8 Å². The van der Waals surface area contributed by atoms with Gasteiger partial charge in [-0.2, -0.15) is 0 Å². The van der Waals surface area contributed by atoms with E-state index in [4.69, 9.17) is 9.47 Å². The van der Waals surface area contributed by atoms with Crippen LogP contribution in [0.4, 0.5) is 0 Å². The van der Waals surface area contributed by atoms with Crippen LogP contribution in [-0.4, -0.2) is 29.0 Å². The third-order valence-electron chi connectivity index (χ3n) is 7.23. The number of nitrogens with one attached hydrogen (secondary N) is 1. The van der Waals surface area contributed by atoms with Crippen LogP contribution < -0.4 is 14.8 Å². The highest BCUT2D eigenvalue weighted by Crippen LogP contribution is 2.44. The minimum absolute atomic E-state index is 0.0218. The molecule has 0 saturated carbocycles. The first-order valence-corrected chi connectivity index (χ1v) is 12.1. The third-order valence-corrected chi connectivity index (χ3v) is 7.23. The van der Waals surface area contributed by atoms with Gasteiger partial charge < -0.3 is 19.7 Å². The Hall–Kier alpha value is -3.80. The molecular formula is C29H30N2O4. The Kier molecular flexibility index (Phi) is 6.20. The molecule has 3 aromatic rings. The van der Waals surface area contributed by atoms with E-state index in [0.717, 1.165) is 16.7 Å². The Balaban J connectivity index is 1.40. The predicted octanol–water partition coefficient (Wildman–Crippen LogP) is 4.96. The number of nitrogens with zero attached hydrogens (tertiary/aromatic N) is 1. The molecule has 3 aromatic carbocycles. The van der Waals surface area contributed by atoms with Gasteiger partial charge in [-0.1, -0.05) is 73.7 Å². The summed E-state index contributed by atoms with van der Waals surface area (Å²) in [5.41, 5.74) is 2.13. The second-order valence-corrected chi connectivity index (χ2v) is 9.35. The molecule has 0 aliphatic carbocycles. The lowest BCUT2D eigenvalue weighted by Gasteiger charge is -2.51. The zero-order valence-electron chi connectivity index (χ0n) is 20.1. The van der Waals surface area contributed by atoms with E-state index in [1.54, 1.807) is 4.90 Å². The lowest BCUT2D eigenvalue weighted by Crippen LogP contribution is -2.65. The topological polar surface area (TPSA) is 67.9 Å². The summed E-state index contributed by atoms with van der Waals surface area (Å²) in [4.78, 5) is 28.5. The normalized spacial score (nSPS) is 19.0. The number of hydrogen-bond donors (Lipinski definition) is 1. The summed E-state index contributed by atoms with van der Waals surface area (Å²) in [5, 5.41) is 3.28. The zero-order valence-corrected chi connectivity index (χ0v) is 20.1. The van der Waals surface area contributed by atoms with Crippen molar-refractivity contribution >= 4 is 11.8 Å². The SMILES string of the molecule is CCC(C)(C(=O)NC(Cc1ccccc1)c1ccccc1)N1C(=O)CC1c1ccc2c(c1)OCO2. The van der Waals surface area contributed by atoms with Gasteiger partial charge in [-0.15, -0.1) is 0 Å². The van der Waals surface area contributed by atoms with Gasteiger partial charge >= 0.3 is 0 Å². The average Bonchev–Trinajstić information content (AvgIpc) is 3.35. The smallest absolute Gasteiger partial charge is 0.246 e. The van der Waals surface area contributed by atoms with E-state index in [-0.39, 0.29) is 30.7 Å². The number of ether oxygens (including phenoxy) is 2. The van der Waals surface area contributed by atoms with Crippen molar-refractivity contribution in [2.24, 2.45) is 0 Å². The minimum atomic E-state index is -0.986. The van der Waals surface area contributed by atoms with Gasteiger partial charge in [0.2, 0.25) is 18.6 Å². The second kappa shape index (κ2) is 9.45. The lowest BCUT2D eigenvalue weighted by molar-refractivity contribution is -0.164. The molecule has 3 atom stereocenters. The quantitative estimate of drug-likeness (QED) is 0.473. The molecule has 2 aliphatic heterocycles. The molecule has 0 bridgehead atoms. The fourth-order valence-electron chi connectivity index (χ4n) is 4.96. The average molecular weight is 471 g/mol. The van der Waals surface area contributed by atoms with Crippen molar-refractivity contribution in [1.82, 2.24) is 10.2 Å². The fourth-order valence-corrected chi connectivity index (χ4v) is 4.96. The number of hydrogen-bond acceptors (Lipinski definition) is 4. The standard InChI is InChI=1S/C29H30N2O4/c1-3-29(2,31-24(18-27(31)32)22-14-15-25-26(17-22)35-19-34-25)28(33)30-23(21-12-8-5-9-13-21)16-20-10-6-4-7-11-20/h4-15,17,23-24H,3,16,18-19H2,1-2H3,(H,30,33). The van der Waals surface area contributed by atoms with Crippen molar-refractivity contribution in [3.8, 4) is 11.5 Å². The Morgan fingerprint density at radius 3 is 2.40 bits per heavy atom. The first kappa shape index (κ1) is 23.0. The number of rotatable bonds is 8. The molecule has 0 spiro atoms. The van der Waals surface area contributed by atoms with Gasteiger partial charge in [0.25, 0.3) is 0 Å². The number of amides is 2. The van der Waals surface area contributed by atoms with Crippen molar-refractivity contribution < 1.29 is 19.1 Å². The molecular weight excluding hydrogens is 440 g/mol. The summed E-state index contributed by atoms with van der Waals surface area (Å²) >= 11 is 0. The van der Waals surface area contributed by atoms with Gasteiger partial charge in [0.05, 0.1) is 18.5 Å². The number of carbonyl (C=O) groups excluding carboxylic acids is 2. The minimum Gasteiger partial charge on any atom is -0.454 e. The summed E-state index contributed by atoms with van der Waals surface area (Å²) in [5.74, 6) is 1.21. The molecule has 35 heavy (non-hydrogen) atoms. The van der Waals surface area contributed by atoms with Gasteiger partial charge in [0.15, 0.2) is 11.5 Å². The monoisotopic (exact) mass is 470 g/mol. The van der Waals surface area contributed by atoms with Gasteiger partial charge in [-0.05, 0) is 48.6 Å². The van der Waals surface area contributed by atoms with Crippen LogP contribution >= 0.6 is 0 Å². The molecule has 6 heteroatoms. The van der Waals surface area contributed by atoms with Gasteiger partial charge in [0, 0.05) is 0 Å². The largest absolute Gasteiger partial charge is 0.454 e. The van der Waals surface area contributed by atoms with Crippen LogP contribution in [0.3, 0.4) is 0 Å². The van der Waals surface area contributed by atoms with E-state index >= 15 is 0 Å². The molecule has 180 valence electrons. The summed E-state index contributed by atoms with van der Waals surface area (Å²) in [6, 6.07) is 25.5. The van der Waals surface area contributed by atoms with Crippen molar-refractivity contribution in [2.75, 3.05) is 6.79 Å². The molecule has 2 aliphatic rings. The van der Waals surface area contributed by atoms with Crippen molar-refractivity contribution in [1.29, 1.82) is 0 Å². The van der Waals surface area contributed by atoms with Crippen molar-refractivity contribution in [2.45, 2.75) is 50.7 Å². The first-order chi connectivity index (χ1) is 17.0. The van der Waals surface area contributed by atoms with Crippen molar-refractivity contribution in [3.05, 3.63) is 95.6 Å². The number of benzene rings is 3. The second-order valence-electron chi connectivity index (χ2n) is 9.35. The maximum atomic E-state index is 13.9. The first-order valence-electron chi connectivity index (χ1n) is 12.1. The Labute approximate surface area is 205 Å². The van der Waals surface area contributed by atoms with E-state index in [9.17, 15) is 9.59 Å². The highest BCUT2D eigenvalue weighted by Gasteiger charge is 2.51. The number of fused-ring (bicyclic) bond motifs is 1. The molecule has 5 rings (SSSR count). The molecule has 2 amide bonds. The van der Waals surface area contributed by atoms with Crippen molar-refractivity contribution in [3.63, 3.8) is 0 Å². The molecule has 0 aromatic heterocycles. The summed E-state index contributed by atoms with van der Waals surface area (Å²) < 4.78 is 11.0. The molecule has 1 N–H and O–H groups in total. The highest BCUT2D eigenvalue weighted by atomic mass is 16.7. The van der Waals surface area contributed by atoms with E-state index < -0.39 is 5.54 Å². The Morgan fingerprint density at radius 2 is 1.71 bits per heavy atom. The lowest BCUT2D eigenvalue weighted by atomic mass is 9.83. The Bertz CT molecular complexity index is 1210. The number of likely N-dealkylation sites (tertiary alicyclic amines) is 1. The van der Waals surface area contributed by atoms with Crippen LogP contribution in [0, 0.1) is 0 Å². The fraction of sp³-hybridized carbons (Fsp3) is 0.310. The van der Waals surface area contributed by atoms with Crippen LogP contribution in [-0.2, 0) is 16.0 Å². The molecule has 3 unspecified atom stereocenters. The summed E-state index contributed by atoms with van der Waals surface area (Å²) in [6.07, 6.45) is 1.53. The van der Waals surface area contributed by atoms with Gasteiger partial charge in [-0.25, -0.2) is 0 Å². The number of β-lactam (4-membered cyclic amide) rings is 1. The maximum absolute atomic E-state index is 13.9. The number of carbonyl (C=O) groups is 2. The molecule has 6 nitrogen and oxygen atoms in total. The van der Waals surface area contributed by atoms with Crippen LogP contribution in [0.1, 0.15) is 55.5 Å². The van der Waals surface area contributed by atoms with E-state index in [1.165, 1.54) is 0 Å². The van der Waals surface area contributed by atoms with Gasteiger partial charge in [-0.3, -0.25) is 9.59 Å². The molecule has 2 heterocycles. The van der Waals surface area contributed by atoms with Crippen LogP contribution in [0.5, 0.6) is 11.5 Å². The highest BCUT2D eigenvalue weighted by molar-refractivity contribution is 5.94. The molecule has 0 radical (unpaired) electrons. The van der Waals surface area contributed by atoms with E-state index in [2.05, 4.69) is 17.4 Å². The van der Waals surface area contributed by atoms with E-state index in [1.807, 2.05) is 80.6 Å². The summed E-state index contributed by atoms with van der Waals surface area (Å²) in [6.45, 7) is 4.02. The zero-order chi connectivity index (χ0) is 24.4. The molecule has 1 saturated heterocycles. The third kappa shape index (κ3) is 4.36. The van der Waals surface area contributed by atoms with Crippen LogP contribution in [0.25, 0.3) is 0 Å². The van der Waals surface area contributed by atoms with Crippen LogP contribution in [0.2, 0.25) is 0 Å². The van der Waals surface area contributed by atoms with Gasteiger partial charge in [0.1, 0.15) is 5.54 Å². The van der Waals surface area contributed by atoms with Crippen LogP contribution in [0.15, 0.2) is 78.9 Å². The maximum Gasteiger partial charge on any atom is 0.246 e. The predicted molar refractivity (Wildman–Crippen MR) is 133 cm³/mol. The Morgan fingerprint density at radius 1 is 1.03 bits per heavy atom. The summed E-state index contributed by atoms with van der Waals surface area (Å²) in [7, 11) is 0.